The summed E-state index contributed by atoms with van der Waals surface area (Å²) in [4.78, 5) is 68.9. The third-order valence-corrected chi connectivity index (χ3v) is 5.91. The van der Waals surface area contributed by atoms with Gasteiger partial charge in [-0.3, -0.25) is 19.5 Å². The number of carbonyl (C=O) groups excluding carboxylic acids is 4. The Balaban J connectivity index is 1.55. The van der Waals surface area contributed by atoms with Gasteiger partial charge in [-0.15, -0.1) is 0 Å². The first-order valence-corrected chi connectivity index (χ1v) is 12.7. The molecule has 1 fully saturated rings. The van der Waals surface area contributed by atoms with Crippen LogP contribution in [0, 0.1) is 0 Å². The summed E-state index contributed by atoms with van der Waals surface area (Å²) >= 11 is 0. The molecule has 2 heterocycles. The monoisotopic (exact) mass is 540 g/mol. The van der Waals surface area contributed by atoms with Gasteiger partial charge in [-0.25, -0.2) is 14.4 Å². The van der Waals surface area contributed by atoms with Gasteiger partial charge >= 0.3 is 17.8 Å². The first-order chi connectivity index (χ1) is 18.1. The summed E-state index contributed by atoms with van der Waals surface area (Å²) in [5, 5.41) is 5.24. The van der Waals surface area contributed by atoms with E-state index in [2.05, 4.69) is 15.6 Å². The van der Waals surface area contributed by atoms with E-state index in [-0.39, 0.29) is 43.7 Å². The van der Waals surface area contributed by atoms with Crippen LogP contribution in [0.3, 0.4) is 0 Å². The third kappa shape index (κ3) is 8.13. The summed E-state index contributed by atoms with van der Waals surface area (Å²) in [6.07, 6.45) is 1.15. The first-order valence-electron chi connectivity index (χ1n) is 12.7. The van der Waals surface area contributed by atoms with Crippen molar-refractivity contribution >= 4 is 29.6 Å². The number of rotatable bonds is 6. The van der Waals surface area contributed by atoms with E-state index in [0.29, 0.717) is 12.1 Å². The zero-order chi connectivity index (χ0) is 29.0. The molecule has 1 aliphatic rings. The highest BCUT2D eigenvalue weighted by molar-refractivity contribution is 5.90. The fourth-order valence-corrected chi connectivity index (χ4v) is 4.04. The molecule has 2 N–H and O–H groups in total. The van der Waals surface area contributed by atoms with Crippen molar-refractivity contribution in [3.8, 4) is 5.69 Å². The molecule has 0 aliphatic carbocycles. The Kier molecular flexibility index (Phi) is 8.78. The molecule has 0 bridgehead atoms. The minimum Gasteiger partial charge on any atom is -0.444 e. The molecule has 12 heteroatoms. The maximum absolute atomic E-state index is 13.0. The Morgan fingerprint density at radius 2 is 1.51 bits per heavy atom. The topological polar surface area (TPSA) is 143 Å². The van der Waals surface area contributed by atoms with Gasteiger partial charge in [-0.1, -0.05) is 12.1 Å². The number of benzene rings is 1. The number of hydrogen-bond acceptors (Lipinski definition) is 7. The van der Waals surface area contributed by atoms with Crippen molar-refractivity contribution in [3.05, 3.63) is 52.6 Å². The number of ether oxygens (including phenoxy) is 1. The highest BCUT2D eigenvalue weighted by Crippen LogP contribution is 2.15. The van der Waals surface area contributed by atoms with E-state index in [1.807, 2.05) is 0 Å². The summed E-state index contributed by atoms with van der Waals surface area (Å²) in [5.74, 6) is -0.127. The zero-order valence-corrected chi connectivity index (χ0v) is 23.2. The molecule has 1 aliphatic heterocycles. The second-order valence-corrected chi connectivity index (χ2v) is 11.0. The number of piperazine rings is 1. The molecule has 0 radical (unpaired) electrons. The van der Waals surface area contributed by atoms with Crippen LogP contribution < -0.4 is 16.3 Å². The van der Waals surface area contributed by atoms with Crippen molar-refractivity contribution < 1.29 is 23.9 Å². The maximum Gasteiger partial charge on any atom is 0.408 e. The highest BCUT2D eigenvalue weighted by atomic mass is 16.6. The van der Waals surface area contributed by atoms with Crippen LogP contribution in [0.15, 0.2) is 41.3 Å². The Morgan fingerprint density at radius 1 is 0.923 bits per heavy atom. The second-order valence-electron chi connectivity index (χ2n) is 11.0. The smallest absolute Gasteiger partial charge is 0.408 e. The minimum atomic E-state index is -1.19. The van der Waals surface area contributed by atoms with E-state index >= 15 is 0 Å². The van der Waals surface area contributed by atoms with E-state index in [0.717, 1.165) is 5.56 Å². The summed E-state index contributed by atoms with van der Waals surface area (Å²) in [5.41, 5.74) is -1.01. The molecular formula is C27H36N6O6. The van der Waals surface area contributed by atoms with Crippen molar-refractivity contribution in [2.24, 2.45) is 0 Å². The van der Waals surface area contributed by atoms with E-state index in [1.54, 1.807) is 63.8 Å². The summed E-state index contributed by atoms with van der Waals surface area (Å²) in [7, 11) is 0. The van der Waals surface area contributed by atoms with Gasteiger partial charge in [0.15, 0.2) is 0 Å². The van der Waals surface area contributed by atoms with Crippen LogP contribution in [-0.4, -0.2) is 80.5 Å². The van der Waals surface area contributed by atoms with Gasteiger partial charge in [-0.2, -0.15) is 4.98 Å². The van der Waals surface area contributed by atoms with Crippen molar-refractivity contribution in [1.29, 1.82) is 0 Å². The lowest BCUT2D eigenvalue weighted by Gasteiger charge is -2.38. The van der Waals surface area contributed by atoms with Gasteiger partial charge in [-0.05, 0) is 65.3 Å². The largest absolute Gasteiger partial charge is 0.444 e. The number of hydrogen-bond donors (Lipinski definition) is 2. The number of nitrogens with zero attached hydrogens (tertiary/aromatic N) is 4. The molecule has 39 heavy (non-hydrogen) atoms. The predicted molar refractivity (Wildman–Crippen MR) is 145 cm³/mol. The number of urea groups is 1. The molecule has 0 unspecified atom stereocenters. The van der Waals surface area contributed by atoms with Crippen LogP contribution >= 0.6 is 0 Å². The fourth-order valence-electron chi connectivity index (χ4n) is 4.04. The predicted octanol–water partition coefficient (Wildman–Crippen LogP) is 2.34. The van der Waals surface area contributed by atoms with Crippen molar-refractivity contribution in [1.82, 2.24) is 24.7 Å². The van der Waals surface area contributed by atoms with Gasteiger partial charge in [0.2, 0.25) is 5.91 Å². The third-order valence-electron chi connectivity index (χ3n) is 5.91. The van der Waals surface area contributed by atoms with Crippen LogP contribution in [0.5, 0.6) is 0 Å². The highest BCUT2D eigenvalue weighted by Gasteiger charge is 2.36. The SMILES string of the molecule is CC(=O)Cc1ccc(-n2ccc(NC(=O)N3CCN(C(=O)C(C)(C)NC(=O)OC(C)(C)C)CC3)nc2=O)cc1. The van der Waals surface area contributed by atoms with Crippen LogP contribution in [-0.2, 0) is 20.7 Å². The summed E-state index contributed by atoms with van der Waals surface area (Å²) in [6, 6.07) is 8.09. The van der Waals surface area contributed by atoms with Crippen LogP contribution in [0.25, 0.3) is 5.69 Å². The molecule has 0 saturated carbocycles. The number of Topliss-reactive ketones (excluding diaryl/α,β-unsaturated/α-hetero) is 1. The zero-order valence-electron chi connectivity index (χ0n) is 23.2. The van der Waals surface area contributed by atoms with Gasteiger partial charge in [0, 0.05) is 38.8 Å². The number of anilines is 1. The van der Waals surface area contributed by atoms with Crippen LogP contribution in [0.2, 0.25) is 0 Å². The van der Waals surface area contributed by atoms with E-state index < -0.39 is 29.0 Å². The van der Waals surface area contributed by atoms with Gasteiger partial charge in [0.05, 0.1) is 5.69 Å². The number of carbonyl (C=O) groups is 4. The van der Waals surface area contributed by atoms with Crippen molar-refractivity contribution in [2.45, 2.75) is 59.1 Å². The molecule has 12 nitrogen and oxygen atoms in total. The molecule has 1 aromatic heterocycles. The lowest BCUT2D eigenvalue weighted by molar-refractivity contribution is -0.138. The molecule has 4 amide bonds. The molecular weight excluding hydrogens is 504 g/mol. The standard InChI is InChI=1S/C27H36N6O6/c1-18(34)17-19-7-9-20(10-8-19)33-12-11-21(29-24(33)37)28-23(36)32-15-13-31(14-16-32)22(35)27(5,6)30-25(38)39-26(2,3)4/h7-12H,13-17H2,1-6H3,(H,30,38)(H,28,29,36,37). The summed E-state index contributed by atoms with van der Waals surface area (Å²) in [6.45, 7) is 11.0. The molecule has 210 valence electrons. The number of nitrogens with one attached hydrogen (secondary N) is 2. The molecule has 0 atom stereocenters. The quantitative estimate of drug-likeness (QED) is 0.573. The lowest BCUT2D eigenvalue weighted by Crippen LogP contribution is -2.60. The number of aromatic nitrogens is 2. The minimum absolute atomic E-state index is 0.0498. The maximum atomic E-state index is 13.0. The Hall–Kier alpha value is -4.22. The second kappa shape index (κ2) is 11.7. The molecule has 2 aromatic rings. The number of ketones is 1. The van der Waals surface area contributed by atoms with E-state index in [4.69, 9.17) is 4.74 Å². The van der Waals surface area contributed by atoms with Gasteiger partial charge in [0.25, 0.3) is 0 Å². The van der Waals surface area contributed by atoms with Gasteiger partial charge < -0.3 is 19.9 Å². The number of amides is 4. The Bertz CT molecular complexity index is 1290. The molecule has 3 rings (SSSR count). The Morgan fingerprint density at radius 3 is 2.05 bits per heavy atom. The van der Waals surface area contributed by atoms with Crippen LogP contribution in [0.4, 0.5) is 15.4 Å². The molecule has 1 saturated heterocycles. The van der Waals surface area contributed by atoms with Crippen molar-refractivity contribution in [3.63, 3.8) is 0 Å². The number of alkyl carbamates (subject to hydrolysis) is 1. The average molecular weight is 541 g/mol. The average Bonchev–Trinajstić information content (AvgIpc) is 2.82. The fraction of sp³-hybridized carbons (Fsp3) is 0.481. The van der Waals surface area contributed by atoms with E-state index in [1.165, 1.54) is 28.7 Å². The van der Waals surface area contributed by atoms with Crippen LogP contribution in [0.1, 0.15) is 47.1 Å². The molecule has 1 aromatic carbocycles. The molecule has 0 spiro atoms. The van der Waals surface area contributed by atoms with E-state index in [9.17, 15) is 24.0 Å². The first kappa shape index (κ1) is 29.3. The Labute approximate surface area is 227 Å². The summed E-state index contributed by atoms with van der Waals surface area (Å²) < 4.78 is 6.59. The lowest BCUT2D eigenvalue weighted by atomic mass is 10.0. The normalized spacial score (nSPS) is 14.0. The van der Waals surface area contributed by atoms with Gasteiger partial charge in [0.1, 0.15) is 22.7 Å². The van der Waals surface area contributed by atoms with Crippen molar-refractivity contribution in [2.75, 3.05) is 31.5 Å².